The monoisotopic (exact) mass is 278 g/mol. The van der Waals surface area contributed by atoms with Crippen molar-refractivity contribution in [3.63, 3.8) is 0 Å². The Morgan fingerprint density at radius 1 is 1.50 bits per heavy atom. The molecule has 0 aliphatic heterocycles. The second-order valence-corrected chi connectivity index (χ2v) is 4.50. The first-order valence-corrected chi connectivity index (χ1v) is 6.41. The second kappa shape index (κ2) is 8.12. The average Bonchev–Trinajstić information content (AvgIpc) is 2.92. The molecule has 0 aromatic carbocycles. The predicted molar refractivity (Wildman–Crippen MR) is 70.9 cm³/mol. The first-order valence-electron chi connectivity index (χ1n) is 6.41. The van der Waals surface area contributed by atoms with Gasteiger partial charge in [-0.25, -0.2) is 0 Å². The van der Waals surface area contributed by atoms with Crippen LogP contribution in [0.3, 0.4) is 0 Å². The lowest BCUT2D eigenvalue weighted by molar-refractivity contribution is -0.122. The van der Waals surface area contributed by atoms with Crippen molar-refractivity contribution in [2.45, 2.75) is 26.4 Å². The van der Waals surface area contributed by atoms with E-state index in [0.29, 0.717) is 19.6 Å². The molecule has 1 rings (SSSR count). The van der Waals surface area contributed by atoms with Crippen molar-refractivity contribution in [3.8, 4) is 6.07 Å². The number of ketones is 1. The number of carbonyl (C=O) groups excluding carboxylic acids is 2. The van der Waals surface area contributed by atoms with Gasteiger partial charge in [-0.2, -0.15) is 5.26 Å². The normalized spacial score (nSPS) is 11.9. The average molecular weight is 278 g/mol. The fourth-order valence-corrected chi connectivity index (χ4v) is 1.51. The van der Waals surface area contributed by atoms with Gasteiger partial charge in [0.1, 0.15) is 6.26 Å². The van der Waals surface area contributed by atoms with Crippen LogP contribution in [-0.4, -0.2) is 30.9 Å². The summed E-state index contributed by atoms with van der Waals surface area (Å²) in [5.74, 6) is -2.50. The number of carbonyl (C=O) groups is 2. The van der Waals surface area contributed by atoms with Crippen LogP contribution in [0.15, 0.2) is 23.0 Å². The first kappa shape index (κ1) is 15.9. The van der Waals surface area contributed by atoms with Crippen LogP contribution in [0.5, 0.6) is 0 Å². The SMILES string of the molecule is CC(C)OCCCNC(=O)C(C#N)C(=O)c1ccoc1. The lowest BCUT2D eigenvalue weighted by Gasteiger charge is -2.10. The Morgan fingerprint density at radius 3 is 2.80 bits per heavy atom. The maximum absolute atomic E-state index is 11.9. The van der Waals surface area contributed by atoms with Crippen LogP contribution in [0.2, 0.25) is 0 Å². The minimum Gasteiger partial charge on any atom is -0.472 e. The molecule has 0 saturated heterocycles. The third-order valence-electron chi connectivity index (χ3n) is 2.53. The van der Waals surface area contributed by atoms with E-state index in [1.54, 1.807) is 6.07 Å². The molecule has 1 N–H and O–H groups in total. The number of hydrogen-bond donors (Lipinski definition) is 1. The Labute approximate surface area is 117 Å². The van der Waals surface area contributed by atoms with E-state index in [9.17, 15) is 9.59 Å². The van der Waals surface area contributed by atoms with Crippen LogP contribution in [0.1, 0.15) is 30.6 Å². The maximum Gasteiger partial charge on any atom is 0.245 e. The molecule has 0 fully saturated rings. The van der Waals surface area contributed by atoms with Crippen molar-refractivity contribution < 1.29 is 18.7 Å². The molecule has 1 heterocycles. The van der Waals surface area contributed by atoms with Crippen molar-refractivity contribution in [1.29, 1.82) is 5.26 Å². The summed E-state index contributed by atoms with van der Waals surface area (Å²) in [6.07, 6.45) is 3.31. The van der Waals surface area contributed by atoms with E-state index in [-0.39, 0.29) is 11.7 Å². The van der Waals surface area contributed by atoms with Gasteiger partial charge in [-0.1, -0.05) is 0 Å². The van der Waals surface area contributed by atoms with E-state index < -0.39 is 17.6 Å². The third kappa shape index (κ3) is 4.86. The van der Waals surface area contributed by atoms with Crippen LogP contribution < -0.4 is 5.32 Å². The minimum atomic E-state index is -1.35. The van der Waals surface area contributed by atoms with Gasteiger partial charge >= 0.3 is 0 Å². The van der Waals surface area contributed by atoms with Gasteiger partial charge in [0.25, 0.3) is 0 Å². The van der Waals surface area contributed by atoms with Gasteiger partial charge in [0.05, 0.1) is 24.0 Å². The number of amides is 1. The lowest BCUT2D eigenvalue weighted by Crippen LogP contribution is -2.35. The Hall–Kier alpha value is -2.13. The topological polar surface area (TPSA) is 92.3 Å². The second-order valence-electron chi connectivity index (χ2n) is 4.50. The van der Waals surface area contributed by atoms with E-state index in [1.807, 2.05) is 13.8 Å². The zero-order valence-corrected chi connectivity index (χ0v) is 11.6. The van der Waals surface area contributed by atoms with Crippen LogP contribution in [0, 0.1) is 17.2 Å². The Bertz CT molecular complexity index is 474. The molecule has 0 spiro atoms. The fourth-order valence-electron chi connectivity index (χ4n) is 1.51. The first-order chi connectivity index (χ1) is 9.56. The summed E-state index contributed by atoms with van der Waals surface area (Å²) >= 11 is 0. The fraction of sp³-hybridized carbons (Fsp3) is 0.500. The molecule has 1 amide bonds. The Balaban J connectivity index is 2.40. The summed E-state index contributed by atoms with van der Waals surface area (Å²) in [5, 5.41) is 11.5. The Morgan fingerprint density at radius 2 is 2.25 bits per heavy atom. The summed E-state index contributed by atoms with van der Waals surface area (Å²) in [6.45, 7) is 4.73. The van der Waals surface area contributed by atoms with E-state index in [0.717, 1.165) is 0 Å². The quantitative estimate of drug-likeness (QED) is 0.442. The van der Waals surface area contributed by atoms with E-state index in [2.05, 4.69) is 5.32 Å². The molecule has 1 aromatic rings. The molecule has 1 aromatic heterocycles. The highest BCUT2D eigenvalue weighted by molar-refractivity contribution is 6.11. The molecule has 20 heavy (non-hydrogen) atoms. The number of ether oxygens (including phenoxy) is 1. The van der Waals surface area contributed by atoms with Crippen molar-refractivity contribution in [1.82, 2.24) is 5.32 Å². The number of nitriles is 1. The van der Waals surface area contributed by atoms with E-state index in [1.165, 1.54) is 18.6 Å². The summed E-state index contributed by atoms with van der Waals surface area (Å²) in [4.78, 5) is 23.7. The molecule has 0 radical (unpaired) electrons. The van der Waals surface area contributed by atoms with Gasteiger partial charge in [-0.3, -0.25) is 9.59 Å². The Kier molecular flexibility index (Phi) is 6.47. The largest absolute Gasteiger partial charge is 0.472 e. The number of nitrogens with zero attached hydrogens (tertiary/aromatic N) is 1. The van der Waals surface area contributed by atoms with Gasteiger partial charge in [0.2, 0.25) is 5.91 Å². The number of Topliss-reactive ketones (excluding diaryl/α,β-unsaturated/α-hetero) is 1. The molecule has 6 heteroatoms. The molecule has 6 nitrogen and oxygen atoms in total. The van der Waals surface area contributed by atoms with Crippen LogP contribution in [-0.2, 0) is 9.53 Å². The number of nitrogens with one attached hydrogen (secondary N) is 1. The molecular formula is C14H18N2O4. The van der Waals surface area contributed by atoms with Gasteiger partial charge in [0.15, 0.2) is 11.7 Å². The molecule has 108 valence electrons. The maximum atomic E-state index is 11.9. The molecule has 0 aliphatic rings. The van der Waals surface area contributed by atoms with Crippen LogP contribution in [0.25, 0.3) is 0 Å². The van der Waals surface area contributed by atoms with Gasteiger partial charge in [0, 0.05) is 13.2 Å². The summed E-state index contributed by atoms with van der Waals surface area (Å²) in [5.41, 5.74) is 0.217. The van der Waals surface area contributed by atoms with Gasteiger partial charge in [-0.05, 0) is 26.3 Å². The number of furan rings is 1. The zero-order valence-electron chi connectivity index (χ0n) is 11.6. The van der Waals surface area contributed by atoms with Crippen LogP contribution >= 0.6 is 0 Å². The summed E-state index contributed by atoms with van der Waals surface area (Å²) in [6, 6.07) is 3.14. The van der Waals surface area contributed by atoms with Crippen molar-refractivity contribution in [2.24, 2.45) is 5.92 Å². The zero-order chi connectivity index (χ0) is 15.0. The highest BCUT2D eigenvalue weighted by Gasteiger charge is 2.27. The minimum absolute atomic E-state index is 0.139. The standard InChI is InChI=1S/C14H18N2O4/c1-10(2)20-6-3-5-16-14(18)12(8-15)13(17)11-4-7-19-9-11/h4,7,9-10,12H,3,5-6H2,1-2H3,(H,16,18). The van der Waals surface area contributed by atoms with E-state index in [4.69, 9.17) is 14.4 Å². The molecular weight excluding hydrogens is 260 g/mol. The van der Waals surface area contributed by atoms with Crippen LogP contribution in [0.4, 0.5) is 0 Å². The predicted octanol–water partition coefficient (Wildman–Crippen LogP) is 1.53. The summed E-state index contributed by atoms with van der Waals surface area (Å²) in [7, 11) is 0. The van der Waals surface area contributed by atoms with Crippen molar-refractivity contribution in [2.75, 3.05) is 13.2 Å². The highest BCUT2D eigenvalue weighted by Crippen LogP contribution is 2.09. The molecule has 1 atom stereocenters. The number of rotatable bonds is 8. The number of hydrogen-bond acceptors (Lipinski definition) is 5. The van der Waals surface area contributed by atoms with Gasteiger partial charge in [-0.15, -0.1) is 0 Å². The van der Waals surface area contributed by atoms with Crippen molar-refractivity contribution in [3.05, 3.63) is 24.2 Å². The molecule has 0 aliphatic carbocycles. The molecule has 0 bridgehead atoms. The van der Waals surface area contributed by atoms with Gasteiger partial charge < -0.3 is 14.5 Å². The molecule has 0 saturated carbocycles. The van der Waals surface area contributed by atoms with E-state index >= 15 is 0 Å². The highest BCUT2D eigenvalue weighted by atomic mass is 16.5. The summed E-state index contributed by atoms with van der Waals surface area (Å²) < 4.78 is 10.1. The lowest BCUT2D eigenvalue weighted by atomic mass is 10.0. The van der Waals surface area contributed by atoms with Crippen molar-refractivity contribution >= 4 is 11.7 Å². The third-order valence-corrected chi connectivity index (χ3v) is 2.53. The smallest absolute Gasteiger partial charge is 0.245 e. The molecule has 1 unspecified atom stereocenters.